The summed E-state index contributed by atoms with van der Waals surface area (Å²) in [6.07, 6.45) is 4.57. The molecule has 0 spiro atoms. The highest BCUT2D eigenvalue weighted by atomic mass is 16.6. The smallest absolute Gasteiger partial charge is 0.407 e. The molecule has 0 saturated carbocycles. The fraction of sp³-hybridized carbons (Fsp3) is 0.727. The molecule has 0 aromatic rings. The lowest BCUT2D eigenvalue weighted by Crippen LogP contribution is -2.39. The normalized spacial score (nSPS) is 12.7. The van der Waals surface area contributed by atoms with E-state index in [0.717, 1.165) is 0 Å². The molecule has 1 N–H and O–H groups in total. The van der Waals surface area contributed by atoms with Gasteiger partial charge in [-0.3, -0.25) is 0 Å². The first-order chi connectivity index (χ1) is 6.85. The van der Waals surface area contributed by atoms with Gasteiger partial charge >= 0.3 is 6.09 Å². The summed E-state index contributed by atoms with van der Waals surface area (Å²) in [7, 11) is 0. The molecular weight excluding hydrogens is 194 g/mol. The van der Waals surface area contributed by atoms with Crippen LogP contribution in [0.15, 0.2) is 0 Å². The van der Waals surface area contributed by atoms with E-state index in [0.29, 0.717) is 6.61 Å². The SMILES string of the molecule is C#CCOC[C@@H](C)NC(=O)OC(C)(C)C. The van der Waals surface area contributed by atoms with E-state index in [1.165, 1.54) is 0 Å². The second-order valence-electron chi connectivity index (χ2n) is 4.27. The zero-order valence-electron chi connectivity index (χ0n) is 9.79. The maximum atomic E-state index is 11.3. The van der Waals surface area contributed by atoms with Crippen molar-refractivity contribution in [1.29, 1.82) is 0 Å². The van der Waals surface area contributed by atoms with Gasteiger partial charge in [0.1, 0.15) is 12.2 Å². The van der Waals surface area contributed by atoms with Crippen LogP contribution < -0.4 is 5.32 Å². The van der Waals surface area contributed by atoms with Gasteiger partial charge in [0.2, 0.25) is 0 Å². The number of terminal acetylenes is 1. The number of amides is 1. The summed E-state index contributed by atoms with van der Waals surface area (Å²) in [4.78, 5) is 11.3. The van der Waals surface area contributed by atoms with Gasteiger partial charge in [0.15, 0.2) is 0 Å². The van der Waals surface area contributed by atoms with Gasteiger partial charge in [0.25, 0.3) is 0 Å². The van der Waals surface area contributed by atoms with Gasteiger partial charge in [0.05, 0.1) is 12.6 Å². The summed E-state index contributed by atoms with van der Waals surface area (Å²) in [6, 6.07) is -0.117. The standard InChI is InChI=1S/C11H19NO3/c1-6-7-14-8-9(2)12-10(13)15-11(3,4)5/h1,9H,7-8H2,2-5H3,(H,12,13)/t9-/m1/s1. The summed E-state index contributed by atoms with van der Waals surface area (Å²) in [5.74, 6) is 2.35. The Balaban J connectivity index is 3.73. The third-order valence-electron chi connectivity index (χ3n) is 1.32. The van der Waals surface area contributed by atoms with Gasteiger partial charge in [-0.25, -0.2) is 4.79 Å². The van der Waals surface area contributed by atoms with Crippen molar-refractivity contribution >= 4 is 6.09 Å². The Kier molecular flexibility index (Phi) is 5.80. The lowest BCUT2D eigenvalue weighted by molar-refractivity contribution is 0.0468. The number of carbonyl (C=O) groups is 1. The molecule has 0 aliphatic heterocycles. The summed E-state index contributed by atoms with van der Waals surface area (Å²) in [5, 5.41) is 2.64. The Morgan fingerprint density at radius 1 is 1.53 bits per heavy atom. The van der Waals surface area contributed by atoms with E-state index in [9.17, 15) is 4.79 Å². The minimum atomic E-state index is -0.483. The largest absolute Gasteiger partial charge is 0.444 e. The molecule has 86 valence electrons. The molecule has 0 aromatic heterocycles. The van der Waals surface area contributed by atoms with Crippen LogP contribution in [0.25, 0.3) is 0 Å². The van der Waals surface area contributed by atoms with E-state index in [1.54, 1.807) is 0 Å². The van der Waals surface area contributed by atoms with Gasteiger partial charge in [-0.1, -0.05) is 5.92 Å². The number of alkyl carbamates (subject to hydrolysis) is 1. The molecule has 1 atom stereocenters. The van der Waals surface area contributed by atoms with Crippen molar-refractivity contribution in [3.8, 4) is 12.3 Å². The van der Waals surface area contributed by atoms with Gasteiger partial charge in [0, 0.05) is 0 Å². The zero-order chi connectivity index (χ0) is 11.9. The van der Waals surface area contributed by atoms with Gasteiger partial charge in [-0.2, -0.15) is 0 Å². The Morgan fingerprint density at radius 3 is 2.60 bits per heavy atom. The molecule has 15 heavy (non-hydrogen) atoms. The Bertz CT molecular complexity index is 237. The van der Waals surface area contributed by atoms with Crippen LogP contribution in [0.5, 0.6) is 0 Å². The van der Waals surface area contributed by atoms with Crippen molar-refractivity contribution < 1.29 is 14.3 Å². The highest BCUT2D eigenvalue weighted by Crippen LogP contribution is 2.06. The second-order valence-corrected chi connectivity index (χ2v) is 4.27. The molecule has 0 rings (SSSR count). The Hall–Kier alpha value is -1.21. The first kappa shape index (κ1) is 13.8. The minimum Gasteiger partial charge on any atom is -0.444 e. The van der Waals surface area contributed by atoms with E-state index in [1.807, 2.05) is 27.7 Å². The van der Waals surface area contributed by atoms with E-state index < -0.39 is 11.7 Å². The van der Waals surface area contributed by atoms with Crippen molar-refractivity contribution in [1.82, 2.24) is 5.32 Å². The first-order valence-corrected chi connectivity index (χ1v) is 4.86. The third-order valence-corrected chi connectivity index (χ3v) is 1.32. The number of ether oxygens (including phenoxy) is 2. The highest BCUT2D eigenvalue weighted by molar-refractivity contribution is 5.68. The highest BCUT2D eigenvalue weighted by Gasteiger charge is 2.17. The lowest BCUT2D eigenvalue weighted by atomic mass is 10.2. The second kappa shape index (κ2) is 6.31. The molecule has 1 amide bonds. The predicted molar refractivity (Wildman–Crippen MR) is 58.5 cm³/mol. The monoisotopic (exact) mass is 213 g/mol. The molecule has 4 nitrogen and oxygen atoms in total. The van der Waals surface area contributed by atoms with E-state index >= 15 is 0 Å². The maximum absolute atomic E-state index is 11.3. The van der Waals surface area contributed by atoms with Crippen LogP contribution in [-0.4, -0.2) is 30.9 Å². The van der Waals surface area contributed by atoms with Gasteiger partial charge in [-0.15, -0.1) is 6.42 Å². The number of hydrogen-bond acceptors (Lipinski definition) is 3. The van der Waals surface area contributed by atoms with Crippen molar-refractivity contribution in [2.24, 2.45) is 0 Å². The maximum Gasteiger partial charge on any atom is 0.407 e. The molecular formula is C11H19NO3. The Morgan fingerprint density at radius 2 is 2.13 bits per heavy atom. The quantitative estimate of drug-likeness (QED) is 0.569. The fourth-order valence-electron chi connectivity index (χ4n) is 0.845. The Labute approximate surface area is 91.3 Å². The predicted octanol–water partition coefficient (Wildman–Crippen LogP) is 1.55. The molecule has 0 radical (unpaired) electrons. The molecule has 0 saturated heterocycles. The molecule has 0 unspecified atom stereocenters. The number of hydrogen-bond donors (Lipinski definition) is 1. The van der Waals surface area contributed by atoms with Crippen molar-refractivity contribution in [2.45, 2.75) is 39.3 Å². The average molecular weight is 213 g/mol. The molecule has 0 aliphatic rings. The van der Waals surface area contributed by atoms with Crippen LogP contribution in [0.4, 0.5) is 4.79 Å². The minimum absolute atomic E-state index is 0.117. The zero-order valence-corrected chi connectivity index (χ0v) is 9.79. The molecule has 0 aliphatic carbocycles. The number of carbonyl (C=O) groups excluding carboxylic acids is 1. The van der Waals surface area contributed by atoms with Crippen LogP contribution >= 0.6 is 0 Å². The third kappa shape index (κ3) is 9.10. The lowest BCUT2D eigenvalue weighted by Gasteiger charge is -2.21. The first-order valence-electron chi connectivity index (χ1n) is 4.86. The number of nitrogens with one attached hydrogen (secondary N) is 1. The van der Waals surface area contributed by atoms with Gasteiger partial charge in [-0.05, 0) is 27.7 Å². The molecule has 0 aromatic carbocycles. The molecule has 0 fully saturated rings. The van der Waals surface area contributed by atoms with E-state index in [4.69, 9.17) is 15.9 Å². The van der Waals surface area contributed by atoms with Crippen molar-refractivity contribution in [2.75, 3.05) is 13.2 Å². The van der Waals surface area contributed by atoms with Crippen LogP contribution in [0.2, 0.25) is 0 Å². The number of rotatable bonds is 4. The summed E-state index contributed by atoms with van der Waals surface area (Å²) >= 11 is 0. The molecule has 0 heterocycles. The molecule has 4 heteroatoms. The van der Waals surface area contributed by atoms with Crippen molar-refractivity contribution in [3.63, 3.8) is 0 Å². The fourth-order valence-corrected chi connectivity index (χ4v) is 0.845. The summed E-state index contributed by atoms with van der Waals surface area (Å²) in [6.45, 7) is 7.88. The summed E-state index contributed by atoms with van der Waals surface area (Å²) < 4.78 is 10.1. The van der Waals surface area contributed by atoms with Crippen LogP contribution in [-0.2, 0) is 9.47 Å². The summed E-state index contributed by atoms with van der Waals surface area (Å²) in [5.41, 5.74) is -0.483. The topological polar surface area (TPSA) is 47.6 Å². The molecule has 0 bridgehead atoms. The van der Waals surface area contributed by atoms with Crippen LogP contribution in [0, 0.1) is 12.3 Å². The van der Waals surface area contributed by atoms with Crippen molar-refractivity contribution in [3.05, 3.63) is 0 Å². The van der Waals surface area contributed by atoms with E-state index in [2.05, 4.69) is 11.2 Å². The van der Waals surface area contributed by atoms with Crippen LogP contribution in [0.1, 0.15) is 27.7 Å². The van der Waals surface area contributed by atoms with Gasteiger partial charge < -0.3 is 14.8 Å². The van der Waals surface area contributed by atoms with Crippen LogP contribution in [0.3, 0.4) is 0 Å². The average Bonchev–Trinajstić information content (AvgIpc) is 2.00. The van der Waals surface area contributed by atoms with E-state index in [-0.39, 0.29) is 12.6 Å².